The predicted molar refractivity (Wildman–Crippen MR) is 134 cm³/mol. The van der Waals surface area contributed by atoms with Gasteiger partial charge in [-0.15, -0.1) is 0 Å². The van der Waals surface area contributed by atoms with Crippen molar-refractivity contribution >= 4 is 45.8 Å². The maximum atomic E-state index is 12.8. The van der Waals surface area contributed by atoms with Gasteiger partial charge in [-0.3, -0.25) is 4.79 Å². The fraction of sp³-hybridized carbons (Fsp3) is 0.440. The molecule has 1 amide bonds. The molecule has 6 nitrogen and oxygen atoms in total. The number of amides is 1. The average molecular weight is 486 g/mol. The molecule has 174 valence electrons. The van der Waals surface area contributed by atoms with Crippen LogP contribution in [0.25, 0.3) is 11.0 Å². The first-order chi connectivity index (χ1) is 15.9. The summed E-state index contributed by atoms with van der Waals surface area (Å²) < 4.78 is 2.16. The van der Waals surface area contributed by atoms with Crippen molar-refractivity contribution in [1.82, 2.24) is 19.8 Å². The molecule has 3 atom stereocenters. The molecule has 0 radical (unpaired) electrons. The van der Waals surface area contributed by atoms with Crippen molar-refractivity contribution < 1.29 is 4.79 Å². The number of anilines is 1. The van der Waals surface area contributed by atoms with E-state index in [1.165, 1.54) is 0 Å². The second-order valence-electron chi connectivity index (χ2n) is 9.15. The molecule has 33 heavy (non-hydrogen) atoms. The van der Waals surface area contributed by atoms with Crippen molar-refractivity contribution in [2.45, 2.75) is 44.3 Å². The highest BCUT2D eigenvalue weighted by molar-refractivity contribution is 6.35. The lowest BCUT2D eigenvalue weighted by Crippen LogP contribution is -2.47. The first-order valence-corrected chi connectivity index (χ1v) is 12.3. The van der Waals surface area contributed by atoms with Crippen LogP contribution in [0.1, 0.15) is 37.8 Å². The smallest absolute Gasteiger partial charge is 0.239 e. The Labute approximate surface area is 204 Å². The molecule has 3 heterocycles. The first-order valence-electron chi connectivity index (χ1n) is 11.6. The number of rotatable bonds is 5. The van der Waals surface area contributed by atoms with Gasteiger partial charge in [0.05, 0.1) is 35.5 Å². The summed E-state index contributed by atoms with van der Waals surface area (Å²) in [4.78, 5) is 21.8. The molecule has 2 aliphatic heterocycles. The third-order valence-corrected chi connectivity index (χ3v) is 7.73. The maximum Gasteiger partial charge on any atom is 0.239 e. The topological polar surface area (TPSA) is 53.4 Å². The van der Waals surface area contributed by atoms with Crippen LogP contribution in [0.15, 0.2) is 42.7 Å². The van der Waals surface area contributed by atoms with Gasteiger partial charge in [-0.1, -0.05) is 29.3 Å². The number of nitrogens with zero attached hydrogens (tertiary/aromatic N) is 4. The Bertz CT molecular complexity index is 1170. The number of benzene rings is 2. The van der Waals surface area contributed by atoms with Gasteiger partial charge in [0.2, 0.25) is 5.91 Å². The average Bonchev–Trinajstić information content (AvgIpc) is 3.58. The highest BCUT2D eigenvalue weighted by Gasteiger charge is 2.33. The number of fused-ring (bicyclic) bond motifs is 1. The number of carbonyl (C=O) groups is 1. The summed E-state index contributed by atoms with van der Waals surface area (Å²) in [5.74, 6) is 0.224. The van der Waals surface area contributed by atoms with Crippen LogP contribution in [0, 0.1) is 0 Å². The molecule has 0 bridgehead atoms. The molecule has 1 aromatic heterocycles. The van der Waals surface area contributed by atoms with E-state index in [-0.39, 0.29) is 24.0 Å². The van der Waals surface area contributed by atoms with E-state index in [1.807, 2.05) is 30.4 Å². The number of imidazole rings is 1. The van der Waals surface area contributed by atoms with Gasteiger partial charge < -0.3 is 19.7 Å². The van der Waals surface area contributed by atoms with E-state index in [1.54, 1.807) is 6.07 Å². The molecule has 2 saturated heterocycles. The molecular weight excluding hydrogens is 457 g/mol. The monoisotopic (exact) mass is 485 g/mol. The van der Waals surface area contributed by atoms with Gasteiger partial charge in [-0.05, 0) is 68.6 Å². The zero-order valence-corrected chi connectivity index (χ0v) is 20.5. The van der Waals surface area contributed by atoms with Crippen molar-refractivity contribution in [3.8, 4) is 0 Å². The van der Waals surface area contributed by atoms with E-state index < -0.39 is 0 Å². The van der Waals surface area contributed by atoms with Crippen LogP contribution in [0.2, 0.25) is 10.0 Å². The van der Waals surface area contributed by atoms with Crippen molar-refractivity contribution in [3.63, 3.8) is 0 Å². The Morgan fingerprint density at radius 1 is 1.21 bits per heavy atom. The number of halogens is 2. The summed E-state index contributed by atoms with van der Waals surface area (Å²) in [6.45, 7) is 4.83. The van der Waals surface area contributed by atoms with Crippen molar-refractivity contribution in [2.75, 3.05) is 31.6 Å². The van der Waals surface area contributed by atoms with E-state index in [0.717, 1.165) is 61.2 Å². The predicted octanol–water partition coefficient (Wildman–Crippen LogP) is 4.74. The minimum Gasteiger partial charge on any atom is -0.369 e. The normalized spacial score (nSPS) is 21.6. The summed E-state index contributed by atoms with van der Waals surface area (Å²) >= 11 is 12.6. The van der Waals surface area contributed by atoms with E-state index >= 15 is 0 Å². The van der Waals surface area contributed by atoms with Gasteiger partial charge in [-0.2, -0.15) is 0 Å². The van der Waals surface area contributed by atoms with Gasteiger partial charge in [0, 0.05) is 35.9 Å². The van der Waals surface area contributed by atoms with Crippen LogP contribution in [-0.4, -0.2) is 59.1 Å². The van der Waals surface area contributed by atoms with Crippen LogP contribution in [-0.2, 0) is 4.79 Å². The van der Waals surface area contributed by atoms with Crippen LogP contribution >= 0.6 is 23.2 Å². The molecule has 0 aliphatic carbocycles. The SMILES string of the molecule is C[C@H](c1ccc(Cl)cc1Cl)n1cnc2ccc(N3CCC(N(C)C(=O)C4CCCN4)C3)cc21. The summed E-state index contributed by atoms with van der Waals surface area (Å²) in [6, 6.07) is 12.3. The minimum atomic E-state index is -0.0177. The third-order valence-electron chi connectivity index (χ3n) is 7.17. The van der Waals surface area contributed by atoms with E-state index in [4.69, 9.17) is 23.2 Å². The van der Waals surface area contributed by atoms with Crippen LogP contribution in [0.4, 0.5) is 5.69 Å². The Balaban J connectivity index is 1.36. The standard InChI is InChI=1S/C25H29Cl2N5O/c1-16(20-7-5-17(26)12-21(20)27)32-15-29-22-8-6-18(13-24(22)32)31-11-9-19(14-31)30(2)25(33)23-4-3-10-28-23/h5-8,12-13,15-16,19,23,28H,3-4,9-11,14H2,1-2H3/t16-,19?,23?/m1/s1. The molecule has 2 fully saturated rings. The largest absolute Gasteiger partial charge is 0.369 e. The lowest BCUT2D eigenvalue weighted by molar-refractivity contribution is -0.133. The number of likely N-dealkylation sites (N-methyl/N-ethyl adjacent to an activating group) is 1. The number of carbonyl (C=O) groups excluding carboxylic acids is 1. The zero-order chi connectivity index (χ0) is 23.1. The Morgan fingerprint density at radius 3 is 2.82 bits per heavy atom. The van der Waals surface area contributed by atoms with E-state index in [2.05, 4.69) is 44.9 Å². The molecule has 8 heteroatoms. The molecule has 1 N–H and O–H groups in total. The molecule has 5 rings (SSSR count). The second-order valence-corrected chi connectivity index (χ2v) is 10.00. The number of nitrogens with one attached hydrogen (secondary N) is 1. The second kappa shape index (κ2) is 9.16. The molecular formula is C25H29Cl2N5O. The minimum absolute atomic E-state index is 0.0176. The van der Waals surface area contributed by atoms with Gasteiger partial charge in [0.1, 0.15) is 0 Å². The Hall–Kier alpha value is -2.28. The molecule has 2 aliphatic rings. The summed E-state index contributed by atoms with van der Waals surface area (Å²) in [5, 5.41) is 4.61. The van der Waals surface area contributed by atoms with Crippen molar-refractivity contribution in [3.05, 3.63) is 58.3 Å². The summed E-state index contributed by atoms with van der Waals surface area (Å²) in [7, 11) is 1.95. The first kappa shape index (κ1) is 22.5. The molecule has 0 saturated carbocycles. The summed E-state index contributed by atoms with van der Waals surface area (Å²) in [6.07, 6.45) is 4.87. The molecule has 0 spiro atoms. The fourth-order valence-electron chi connectivity index (χ4n) is 5.12. The molecule has 2 aromatic carbocycles. The highest BCUT2D eigenvalue weighted by Crippen LogP contribution is 2.32. The van der Waals surface area contributed by atoms with Gasteiger partial charge in [-0.25, -0.2) is 4.98 Å². The lowest BCUT2D eigenvalue weighted by atomic mass is 10.1. The third kappa shape index (κ3) is 4.32. The number of hydrogen-bond donors (Lipinski definition) is 1. The summed E-state index contributed by atoms with van der Waals surface area (Å²) in [5.41, 5.74) is 4.17. The zero-order valence-electron chi connectivity index (χ0n) is 19.0. The van der Waals surface area contributed by atoms with Gasteiger partial charge in [0.15, 0.2) is 0 Å². The van der Waals surface area contributed by atoms with Crippen LogP contribution < -0.4 is 10.2 Å². The Kier molecular flexibility index (Phi) is 6.25. The van der Waals surface area contributed by atoms with Gasteiger partial charge >= 0.3 is 0 Å². The van der Waals surface area contributed by atoms with Gasteiger partial charge in [0.25, 0.3) is 0 Å². The number of aromatic nitrogens is 2. The van der Waals surface area contributed by atoms with Crippen LogP contribution in [0.3, 0.4) is 0 Å². The van der Waals surface area contributed by atoms with Crippen molar-refractivity contribution in [1.29, 1.82) is 0 Å². The highest BCUT2D eigenvalue weighted by atomic mass is 35.5. The maximum absolute atomic E-state index is 12.8. The fourth-order valence-corrected chi connectivity index (χ4v) is 5.69. The Morgan fingerprint density at radius 2 is 2.06 bits per heavy atom. The molecule has 2 unspecified atom stereocenters. The molecule has 3 aromatic rings. The van der Waals surface area contributed by atoms with E-state index in [0.29, 0.717) is 10.0 Å². The van der Waals surface area contributed by atoms with Crippen LogP contribution in [0.5, 0.6) is 0 Å². The van der Waals surface area contributed by atoms with Crippen molar-refractivity contribution in [2.24, 2.45) is 0 Å². The number of hydrogen-bond acceptors (Lipinski definition) is 4. The lowest BCUT2D eigenvalue weighted by Gasteiger charge is -2.28. The van der Waals surface area contributed by atoms with E-state index in [9.17, 15) is 4.79 Å². The quantitative estimate of drug-likeness (QED) is 0.566.